The summed E-state index contributed by atoms with van der Waals surface area (Å²) in [5.41, 5.74) is 4.20. The molecule has 0 fully saturated rings. The summed E-state index contributed by atoms with van der Waals surface area (Å²) in [4.78, 5) is 42.7. The number of rotatable bonds is 11. The van der Waals surface area contributed by atoms with Crippen molar-refractivity contribution in [2.45, 2.75) is 50.5 Å². The fraction of sp³-hybridized carbons (Fsp3) is 0.235. The van der Waals surface area contributed by atoms with Crippen LogP contribution in [0, 0.1) is 13.8 Å². The Morgan fingerprint density at radius 2 is 1.70 bits per heavy atom. The zero-order valence-electron chi connectivity index (χ0n) is 25.4. The summed E-state index contributed by atoms with van der Waals surface area (Å²) in [5, 5.41) is 8.86. The lowest BCUT2D eigenvalue weighted by atomic mass is 10.1. The third kappa shape index (κ3) is 7.55. The predicted molar refractivity (Wildman–Crippen MR) is 178 cm³/mol. The Morgan fingerprint density at radius 3 is 2.43 bits per heavy atom. The molecule has 1 aliphatic heterocycles. The number of aromatic nitrogens is 1. The Kier molecular flexibility index (Phi) is 10.0. The number of anilines is 3. The number of carbonyl (C=O) groups is 3. The molecule has 1 aromatic heterocycles. The Morgan fingerprint density at radius 1 is 0.935 bits per heavy atom. The van der Waals surface area contributed by atoms with Crippen molar-refractivity contribution in [2.24, 2.45) is 0 Å². The molecule has 4 aromatic rings. The van der Waals surface area contributed by atoms with Crippen LogP contribution in [0.3, 0.4) is 0 Å². The molecule has 238 valence electrons. The van der Waals surface area contributed by atoms with Crippen LogP contribution < -0.4 is 20.3 Å². The number of pyridine rings is 1. The number of hydrogen-bond acceptors (Lipinski definition) is 6. The average molecular weight is 660 g/mol. The first-order valence-electron chi connectivity index (χ1n) is 14.8. The lowest BCUT2D eigenvalue weighted by molar-refractivity contribution is -0.125. The summed E-state index contributed by atoms with van der Waals surface area (Å²) in [6.45, 7) is 3.61. The fourth-order valence-corrected chi connectivity index (χ4v) is 7.39. The number of sulfonamides is 1. The van der Waals surface area contributed by atoms with E-state index in [9.17, 15) is 22.8 Å². The van der Waals surface area contributed by atoms with Crippen molar-refractivity contribution in [3.63, 3.8) is 0 Å². The quantitative estimate of drug-likeness (QED) is 0.203. The molecule has 3 amide bonds. The van der Waals surface area contributed by atoms with E-state index >= 15 is 0 Å². The molecule has 0 radical (unpaired) electrons. The number of hydrogen-bond donors (Lipinski definition) is 3. The van der Waals surface area contributed by atoms with Crippen LogP contribution >= 0.6 is 11.6 Å². The minimum atomic E-state index is -4.27. The Hall–Kier alpha value is -4.74. The third-order valence-electron chi connectivity index (χ3n) is 7.69. The molecule has 1 unspecified atom stereocenters. The van der Waals surface area contributed by atoms with E-state index in [1.54, 1.807) is 68.7 Å². The van der Waals surface area contributed by atoms with Crippen molar-refractivity contribution in [1.29, 1.82) is 0 Å². The first-order chi connectivity index (χ1) is 22.0. The molecule has 0 saturated carbocycles. The van der Waals surface area contributed by atoms with E-state index in [4.69, 9.17) is 11.6 Å². The van der Waals surface area contributed by atoms with Crippen molar-refractivity contribution >= 4 is 56.4 Å². The minimum absolute atomic E-state index is 0.0115. The van der Waals surface area contributed by atoms with Crippen LogP contribution in [-0.2, 0) is 37.2 Å². The van der Waals surface area contributed by atoms with Crippen LogP contribution in [0.1, 0.15) is 35.1 Å². The highest BCUT2D eigenvalue weighted by molar-refractivity contribution is 7.93. The maximum atomic E-state index is 14.1. The normalized spacial score (nSPS) is 14.3. The number of carbonyl (C=O) groups excluding carboxylic acids is 3. The van der Waals surface area contributed by atoms with Crippen LogP contribution in [0.4, 0.5) is 17.1 Å². The van der Waals surface area contributed by atoms with Crippen LogP contribution in [0.5, 0.6) is 0 Å². The van der Waals surface area contributed by atoms with Gasteiger partial charge < -0.3 is 16.0 Å². The highest BCUT2D eigenvalue weighted by Crippen LogP contribution is 2.38. The molecule has 5 rings (SSSR count). The van der Waals surface area contributed by atoms with E-state index < -0.39 is 27.9 Å². The van der Waals surface area contributed by atoms with Gasteiger partial charge in [0, 0.05) is 36.1 Å². The van der Waals surface area contributed by atoms with E-state index in [-0.39, 0.29) is 29.5 Å². The van der Waals surface area contributed by atoms with Gasteiger partial charge in [-0.25, -0.2) is 8.42 Å². The molecule has 1 atom stereocenters. The molecular weight excluding hydrogens is 626 g/mol. The van der Waals surface area contributed by atoms with Gasteiger partial charge in [0.2, 0.25) is 17.7 Å². The molecule has 0 spiro atoms. The summed E-state index contributed by atoms with van der Waals surface area (Å²) in [6, 6.07) is 19.4. The smallest absolute Gasteiger partial charge is 0.265 e. The van der Waals surface area contributed by atoms with E-state index in [2.05, 4.69) is 20.9 Å². The number of nitrogens with zero attached hydrogens (tertiary/aromatic N) is 2. The van der Waals surface area contributed by atoms with Crippen molar-refractivity contribution < 1.29 is 22.8 Å². The number of aryl methyl sites for hydroxylation is 3. The van der Waals surface area contributed by atoms with Gasteiger partial charge >= 0.3 is 0 Å². The second-order valence-corrected chi connectivity index (χ2v) is 13.3. The van der Waals surface area contributed by atoms with Gasteiger partial charge in [0.25, 0.3) is 10.0 Å². The minimum Gasteiger partial charge on any atom is -0.356 e. The number of fused-ring (bicyclic) bond motifs is 1. The van der Waals surface area contributed by atoms with Gasteiger partial charge in [-0.15, -0.1) is 0 Å². The van der Waals surface area contributed by atoms with Gasteiger partial charge in [0.1, 0.15) is 6.04 Å². The molecule has 0 bridgehead atoms. The molecule has 3 N–H and O–H groups in total. The number of para-hydroxylation sites is 2. The van der Waals surface area contributed by atoms with Gasteiger partial charge in [-0.3, -0.25) is 23.7 Å². The lowest BCUT2D eigenvalue weighted by Crippen LogP contribution is -2.53. The standard InChI is InChI=1S/C34H34ClN5O5S/c1-22-19-31(23(2)18-27(22)35)46(44,45)40-29-8-4-3-7-28(29)39-34(43)30(40)20-33(42)37-17-15-24-9-12-26(13-10-24)38-32(41)14-11-25-6-5-16-36-21-25/h3-10,12-13,16,18-19,21,30H,11,14-15,17,20H2,1-2H3,(H,37,42)(H,38,41)(H,39,43). The SMILES string of the molecule is Cc1cc(S(=O)(=O)N2c3ccccc3NC(=O)C2CC(=O)NCCc2ccc(NC(=O)CCc3cccnc3)cc2)c(C)cc1Cl. The zero-order valence-corrected chi connectivity index (χ0v) is 27.0. The first kappa shape index (κ1) is 32.6. The first-order valence-corrected chi connectivity index (χ1v) is 16.6. The van der Waals surface area contributed by atoms with E-state index in [1.165, 1.54) is 6.07 Å². The summed E-state index contributed by atoms with van der Waals surface area (Å²) < 4.78 is 29.3. The molecule has 46 heavy (non-hydrogen) atoms. The summed E-state index contributed by atoms with van der Waals surface area (Å²) in [6.07, 6.45) is 4.47. The largest absolute Gasteiger partial charge is 0.356 e. The van der Waals surface area contributed by atoms with Crippen molar-refractivity contribution in [3.05, 3.63) is 112 Å². The summed E-state index contributed by atoms with van der Waals surface area (Å²) >= 11 is 6.23. The van der Waals surface area contributed by atoms with Gasteiger partial charge in [-0.05, 0) is 91.4 Å². The number of halogens is 1. The Labute approximate surface area is 273 Å². The van der Waals surface area contributed by atoms with E-state index in [1.807, 2.05) is 24.3 Å². The van der Waals surface area contributed by atoms with E-state index in [0.29, 0.717) is 46.8 Å². The van der Waals surface area contributed by atoms with Crippen molar-refractivity contribution in [1.82, 2.24) is 10.3 Å². The number of nitrogens with one attached hydrogen (secondary N) is 3. The van der Waals surface area contributed by atoms with Gasteiger partial charge in [-0.2, -0.15) is 0 Å². The monoisotopic (exact) mass is 659 g/mol. The molecule has 1 aliphatic rings. The Bertz CT molecular complexity index is 1870. The second-order valence-electron chi connectivity index (χ2n) is 11.1. The number of benzene rings is 3. The zero-order chi connectivity index (χ0) is 32.8. The van der Waals surface area contributed by atoms with Crippen LogP contribution in [-0.4, -0.2) is 43.7 Å². The predicted octanol–water partition coefficient (Wildman–Crippen LogP) is 5.19. The highest BCUT2D eigenvalue weighted by atomic mass is 35.5. The average Bonchev–Trinajstić information content (AvgIpc) is 3.03. The molecule has 0 saturated heterocycles. The van der Waals surface area contributed by atoms with Gasteiger partial charge in [0.15, 0.2) is 0 Å². The van der Waals surface area contributed by atoms with Crippen molar-refractivity contribution in [3.8, 4) is 0 Å². The molecule has 2 heterocycles. The van der Waals surface area contributed by atoms with Gasteiger partial charge in [0.05, 0.1) is 22.7 Å². The Balaban J connectivity index is 1.21. The molecular formula is C34H34ClN5O5S. The van der Waals surface area contributed by atoms with Crippen LogP contribution in [0.15, 0.2) is 90.1 Å². The summed E-state index contributed by atoms with van der Waals surface area (Å²) in [7, 11) is -4.27. The van der Waals surface area contributed by atoms with Crippen molar-refractivity contribution in [2.75, 3.05) is 21.5 Å². The van der Waals surface area contributed by atoms with Crippen LogP contribution in [0.25, 0.3) is 0 Å². The molecule has 10 nitrogen and oxygen atoms in total. The van der Waals surface area contributed by atoms with Gasteiger partial charge in [-0.1, -0.05) is 41.9 Å². The second kappa shape index (κ2) is 14.1. The fourth-order valence-electron chi connectivity index (χ4n) is 5.25. The molecule has 3 aromatic carbocycles. The van der Waals surface area contributed by atoms with Crippen LogP contribution in [0.2, 0.25) is 5.02 Å². The summed E-state index contributed by atoms with van der Waals surface area (Å²) in [5.74, 6) is -1.17. The van der Waals surface area contributed by atoms with E-state index in [0.717, 1.165) is 15.4 Å². The maximum Gasteiger partial charge on any atom is 0.265 e. The molecule has 0 aliphatic carbocycles. The number of amides is 3. The molecule has 12 heteroatoms. The third-order valence-corrected chi connectivity index (χ3v) is 10.1. The highest BCUT2D eigenvalue weighted by Gasteiger charge is 2.42. The maximum absolute atomic E-state index is 14.1. The topological polar surface area (TPSA) is 138 Å². The lowest BCUT2D eigenvalue weighted by Gasteiger charge is -2.37.